The Morgan fingerprint density at radius 3 is 2.58 bits per heavy atom. The van der Waals surface area contributed by atoms with Gasteiger partial charge in [-0.1, -0.05) is 6.07 Å². The van der Waals surface area contributed by atoms with Crippen LogP contribution in [0.2, 0.25) is 0 Å². The van der Waals surface area contributed by atoms with Crippen molar-refractivity contribution in [3.63, 3.8) is 0 Å². The number of hydrogen-bond acceptors (Lipinski definition) is 5. The van der Waals surface area contributed by atoms with Crippen LogP contribution in [-0.2, 0) is 6.18 Å². The van der Waals surface area contributed by atoms with Crippen molar-refractivity contribution in [3.8, 4) is 0 Å². The predicted molar refractivity (Wildman–Crippen MR) is 93.2 cm³/mol. The molecular formula is C17H20F3N5O. The van der Waals surface area contributed by atoms with Gasteiger partial charge in [0, 0.05) is 24.5 Å². The number of halogens is 3. The molecule has 0 atom stereocenters. The summed E-state index contributed by atoms with van der Waals surface area (Å²) in [5.41, 5.74) is -0.146. The SMILES string of the molecule is Cc1cc(C(=O)Nc2cccc(C(F)(F)F)c2)nc(NCCN(C)C)n1. The van der Waals surface area contributed by atoms with Gasteiger partial charge >= 0.3 is 6.18 Å². The third-order valence-corrected chi connectivity index (χ3v) is 3.38. The van der Waals surface area contributed by atoms with E-state index in [1.54, 1.807) is 6.92 Å². The van der Waals surface area contributed by atoms with E-state index in [2.05, 4.69) is 20.6 Å². The standard InChI is InChI=1S/C17H20F3N5O/c1-11-9-14(24-16(22-11)21-7-8-25(2)3)15(26)23-13-6-4-5-12(10-13)17(18,19)20/h4-6,9-10H,7-8H2,1-3H3,(H,23,26)(H,21,22,24). The minimum Gasteiger partial charge on any atom is -0.353 e. The van der Waals surface area contributed by atoms with E-state index in [9.17, 15) is 18.0 Å². The van der Waals surface area contributed by atoms with Crippen LogP contribution in [-0.4, -0.2) is 48.0 Å². The fourth-order valence-corrected chi connectivity index (χ4v) is 2.12. The lowest BCUT2D eigenvalue weighted by Gasteiger charge is -2.12. The number of nitrogens with one attached hydrogen (secondary N) is 2. The summed E-state index contributed by atoms with van der Waals surface area (Å²) in [4.78, 5) is 22.6. The maximum Gasteiger partial charge on any atom is 0.416 e. The number of carbonyl (C=O) groups is 1. The molecule has 0 saturated heterocycles. The Hall–Kier alpha value is -2.68. The van der Waals surface area contributed by atoms with Gasteiger partial charge in [-0.15, -0.1) is 0 Å². The van der Waals surface area contributed by atoms with Crippen LogP contribution in [0.25, 0.3) is 0 Å². The zero-order valence-electron chi connectivity index (χ0n) is 14.7. The summed E-state index contributed by atoms with van der Waals surface area (Å²) in [6.07, 6.45) is -4.48. The second-order valence-electron chi connectivity index (χ2n) is 5.98. The van der Waals surface area contributed by atoms with Crippen LogP contribution in [0.1, 0.15) is 21.7 Å². The number of nitrogens with zero attached hydrogens (tertiary/aromatic N) is 3. The lowest BCUT2D eigenvalue weighted by Crippen LogP contribution is -2.22. The summed E-state index contributed by atoms with van der Waals surface area (Å²) in [5, 5.41) is 5.45. The maximum atomic E-state index is 12.8. The lowest BCUT2D eigenvalue weighted by molar-refractivity contribution is -0.137. The largest absolute Gasteiger partial charge is 0.416 e. The van der Waals surface area contributed by atoms with E-state index in [0.29, 0.717) is 18.2 Å². The first-order valence-corrected chi connectivity index (χ1v) is 7.88. The van der Waals surface area contributed by atoms with E-state index in [0.717, 1.165) is 18.7 Å². The number of hydrogen-bond donors (Lipinski definition) is 2. The summed E-state index contributed by atoms with van der Waals surface area (Å²) >= 11 is 0. The van der Waals surface area contributed by atoms with Gasteiger partial charge < -0.3 is 15.5 Å². The number of alkyl halides is 3. The Kier molecular flexibility index (Phi) is 6.14. The zero-order chi connectivity index (χ0) is 19.3. The fourth-order valence-electron chi connectivity index (χ4n) is 2.12. The van der Waals surface area contributed by atoms with E-state index in [1.165, 1.54) is 18.2 Å². The molecule has 1 amide bonds. The minimum atomic E-state index is -4.48. The Morgan fingerprint density at radius 2 is 1.92 bits per heavy atom. The molecule has 0 aliphatic rings. The molecular weight excluding hydrogens is 347 g/mol. The van der Waals surface area contributed by atoms with Crippen molar-refractivity contribution in [2.45, 2.75) is 13.1 Å². The molecule has 0 bridgehead atoms. The highest BCUT2D eigenvalue weighted by molar-refractivity contribution is 6.03. The first-order valence-electron chi connectivity index (χ1n) is 7.88. The average Bonchev–Trinajstić information content (AvgIpc) is 2.53. The number of likely N-dealkylation sites (N-methyl/N-ethyl adjacent to an activating group) is 1. The molecule has 0 saturated carbocycles. The van der Waals surface area contributed by atoms with Crippen molar-refractivity contribution in [3.05, 3.63) is 47.3 Å². The highest BCUT2D eigenvalue weighted by Crippen LogP contribution is 2.30. The second kappa shape index (κ2) is 8.13. The molecule has 1 heterocycles. The number of benzene rings is 1. The summed E-state index contributed by atoms with van der Waals surface area (Å²) in [6, 6.07) is 5.91. The van der Waals surface area contributed by atoms with Crippen LogP contribution in [0, 0.1) is 6.92 Å². The Morgan fingerprint density at radius 1 is 1.19 bits per heavy atom. The first-order chi connectivity index (χ1) is 12.1. The zero-order valence-corrected chi connectivity index (χ0v) is 14.7. The van der Waals surface area contributed by atoms with Crippen LogP contribution in [0.4, 0.5) is 24.8 Å². The van der Waals surface area contributed by atoms with Gasteiger partial charge in [-0.05, 0) is 45.3 Å². The molecule has 0 spiro atoms. The molecule has 6 nitrogen and oxygen atoms in total. The molecule has 2 N–H and O–H groups in total. The van der Waals surface area contributed by atoms with Crippen LogP contribution in [0.15, 0.2) is 30.3 Å². The van der Waals surface area contributed by atoms with Gasteiger partial charge in [0.25, 0.3) is 5.91 Å². The number of amides is 1. The van der Waals surface area contributed by atoms with Crippen molar-refractivity contribution in [2.24, 2.45) is 0 Å². The summed E-state index contributed by atoms with van der Waals surface area (Å²) in [6.45, 7) is 3.05. The molecule has 1 aromatic heterocycles. The summed E-state index contributed by atoms with van der Waals surface area (Å²) in [5.74, 6) is -0.313. The van der Waals surface area contributed by atoms with Gasteiger partial charge in [-0.25, -0.2) is 9.97 Å². The summed E-state index contributed by atoms with van der Waals surface area (Å²) in [7, 11) is 3.85. The number of aryl methyl sites for hydroxylation is 1. The number of carbonyl (C=O) groups excluding carboxylic acids is 1. The van der Waals surface area contributed by atoms with Crippen LogP contribution in [0.3, 0.4) is 0 Å². The van der Waals surface area contributed by atoms with Gasteiger partial charge in [0.05, 0.1) is 5.56 Å². The van der Waals surface area contributed by atoms with Crippen LogP contribution >= 0.6 is 0 Å². The summed E-state index contributed by atoms with van der Waals surface area (Å²) < 4.78 is 38.3. The molecule has 0 unspecified atom stereocenters. The number of aromatic nitrogens is 2. The van der Waals surface area contributed by atoms with Crippen molar-refractivity contribution in [2.75, 3.05) is 37.8 Å². The van der Waals surface area contributed by atoms with E-state index in [4.69, 9.17) is 0 Å². The van der Waals surface area contributed by atoms with E-state index in [-0.39, 0.29) is 11.4 Å². The van der Waals surface area contributed by atoms with E-state index in [1.807, 2.05) is 19.0 Å². The smallest absolute Gasteiger partial charge is 0.353 e. The van der Waals surface area contributed by atoms with Crippen LogP contribution in [0.5, 0.6) is 0 Å². The normalized spacial score (nSPS) is 11.5. The monoisotopic (exact) mass is 367 g/mol. The van der Waals surface area contributed by atoms with Gasteiger partial charge in [0.1, 0.15) is 5.69 Å². The Bertz CT molecular complexity index is 777. The lowest BCUT2D eigenvalue weighted by atomic mass is 10.2. The molecule has 2 aromatic rings. The van der Waals surface area contributed by atoms with E-state index < -0.39 is 17.6 Å². The van der Waals surface area contributed by atoms with Crippen molar-refractivity contribution in [1.29, 1.82) is 0 Å². The number of rotatable bonds is 6. The Balaban J connectivity index is 2.13. The maximum absolute atomic E-state index is 12.8. The molecule has 26 heavy (non-hydrogen) atoms. The third kappa shape index (κ3) is 5.69. The molecule has 2 rings (SSSR count). The topological polar surface area (TPSA) is 70.2 Å². The van der Waals surface area contributed by atoms with E-state index >= 15 is 0 Å². The van der Waals surface area contributed by atoms with Gasteiger partial charge in [0.2, 0.25) is 5.95 Å². The molecule has 0 radical (unpaired) electrons. The Labute approximate surface area is 149 Å². The fraction of sp³-hybridized carbons (Fsp3) is 0.353. The highest BCUT2D eigenvalue weighted by atomic mass is 19.4. The number of anilines is 2. The minimum absolute atomic E-state index is 0.0446. The third-order valence-electron chi connectivity index (χ3n) is 3.38. The van der Waals surface area contributed by atoms with Crippen LogP contribution < -0.4 is 10.6 Å². The van der Waals surface area contributed by atoms with Gasteiger partial charge in [-0.2, -0.15) is 13.2 Å². The van der Waals surface area contributed by atoms with Crippen molar-refractivity contribution in [1.82, 2.24) is 14.9 Å². The molecule has 9 heteroatoms. The van der Waals surface area contributed by atoms with Crippen molar-refractivity contribution < 1.29 is 18.0 Å². The first kappa shape index (κ1) is 19.6. The van der Waals surface area contributed by atoms with Gasteiger partial charge in [0.15, 0.2) is 0 Å². The molecule has 1 aromatic carbocycles. The average molecular weight is 367 g/mol. The second-order valence-corrected chi connectivity index (χ2v) is 5.98. The molecule has 0 aliphatic heterocycles. The van der Waals surface area contributed by atoms with Gasteiger partial charge in [-0.3, -0.25) is 4.79 Å². The molecule has 0 aliphatic carbocycles. The quantitative estimate of drug-likeness (QED) is 0.821. The molecule has 140 valence electrons. The highest BCUT2D eigenvalue weighted by Gasteiger charge is 2.30. The molecule has 0 fully saturated rings. The predicted octanol–water partition coefficient (Wildman–Crippen LogP) is 3.03. The van der Waals surface area contributed by atoms with Crippen molar-refractivity contribution >= 4 is 17.5 Å².